The van der Waals surface area contributed by atoms with Crippen LogP contribution in [0.25, 0.3) is 0 Å². The number of carbonyl (C=O) groups is 1. The van der Waals surface area contributed by atoms with Crippen molar-refractivity contribution in [2.24, 2.45) is 5.92 Å². The van der Waals surface area contributed by atoms with Crippen molar-refractivity contribution in [3.8, 4) is 11.5 Å². The molecule has 2 heterocycles. The van der Waals surface area contributed by atoms with E-state index < -0.39 is 0 Å². The molecule has 0 radical (unpaired) electrons. The molecule has 2 aliphatic rings. The Bertz CT molecular complexity index is 669. The summed E-state index contributed by atoms with van der Waals surface area (Å²) in [7, 11) is 0. The zero-order valence-electron chi connectivity index (χ0n) is 18.4. The third kappa shape index (κ3) is 6.34. The molecule has 1 aromatic carbocycles. The highest BCUT2D eigenvalue weighted by atomic mass is 16.5. The summed E-state index contributed by atoms with van der Waals surface area (Å²) in [6.45, 7) is 12.4. The molecular formula is C23H37N3O3. The van der Waals surface area contributed by atoms with Gasteiger partial charge in [-0.05, 0) is 36.5 Å². The third-order valence-electron chi connectivity index (χ3n) is 5.64. The fourth-order valence-corrected chi connectivity index (χ4v) is 4.16. The molecule has 0 aromatic heterocycles. The van der Waals surface area contributed by atoms with E-state index in [-0.39, 0.29) is 17.9 Å². The molecule has 0 aliphatic carbocycles. The van der Waals surface area contributed by atoms with E-state index in [1.807, 2.05) is 18.2 Å². The second-order valence-electron chi connectivity index (χ2n) is 8.92. The number of nitrogens with zero attached hydrogens (tertiary/aromatic N) is 1. The van der Waals surface area contributed by atoms with E-state index in [0.29, 0.717) is 31.8 Å². The zero-order valence-corrected chi connectivity index (χ0v) is 18.4. The number of nitrogens with one attached hydrogen (secondary N) is 2. The highest BCUT2D eigenvalue weighted by molar-refractivity contribution is 5.78. The summed E-state index contributed by atoms with van der Waals surface area (Å²) in [5, 5.41) is 6.86. The number of amides is 1. The number of carbonyl (C=O) groups excluding carboxylic acids is 1. The first kappa shape index (κ1) is 21.9. The van der Waals surface area contributed by atoms with Crippen LogP contribution in [0.1, 0.15) is 58.6 Å². The normalized spacial score (nSPS) is 19.2. The zero-order chi connectivity index (χ0) is 20.8. The number of hydrogen-bond donors (Lipinski definition) is 2. The largest absolute Gasteiger partial charge is 0.490 e. The van der Waals surface area contributed by atoms with Crippen LogP contribution in [0, 0.1) is 5.92 Å². The highest BCUT2D eigenvalue weighted by Crippen LogP contribution is 2.34. The van der Waals surface area contributed by atoms with Crippen molar-refractivity contribution in [2.45, 2.75) is 65.1 Å². The van der Waals surface area contributed by atoms with Crippen LogP contribution >= 0.6 is 0 Å². The molecule has 0 bridgehead atoms. The Kier molecular flexibility index (Phi) is 7.78. The maximum absolute atomic E-state index is 12.8. The molecule has 1 amide bonds. The van der Waals surface area contributed by atoms with E-state index >= 15 is 0 Å². The van der Waals surface area contributed by atoms with Crippen molar-refractivity contribution in [2.75, 3.05) is 32.8 Å². The quantitative estimate of drug-likeness (QED) is 0.732. The van der Waals surface area contributed by atoms with Gasteiger partial charge in [0.15, 0.2) is 11.5 Å². The molecule has 1 saturated heterocycles. The van der Waals surface area contributed by atoms with E-state index in [2.05, 4.69) is 43.2 Å². The van der Waals surface area contributed by atoms with Crippen LogP contribution in [0.2, 0.25) is 0 Å². The molecule has 0 saturated carbocycles. The minimum atomic E-state index is -0.0419. The van der Waals surface area contributed by atoms with Crippen molar-refractivity contribution >= 4 is 5.91 Å². The Balaban J connectivity index is 1.57. The summed E-state index contributed by atoms with van der Waals surface area (Å²) in [5.74, 6) is 1.94. The minimum Gasteiger partial charge on any atom is -0.490 e. The van der Waals surface area contributed by atoms with Gasteiger partial charge >= 0.3 is 0 Å². The minimum absolute atomic E-state index is 0.0419. The number of rotatable bonds is 7. The lowest BCUT2D eigenvalue weighted by atomic mass is 9.95. The Labute approximate surface area is 175 Å². The number of likely N-dealkylation sites (tertiary alicyclic amines) is 1. The number of hydrogen-bond acceptors (Lipinski definition) is 5. The van der Waals surface area contributed by atoms with Crippen molar-refractivity contribution in [1.29, 1.82) is 0 Å². The van der Waals surface area contributed by atoms with E-state index in [4.69, 9.17) is 9.47 Å². The third-order valence-corrected chi connectivity index (χ3v) is 5.64. The van der Waals surface area contributed by atoms with E-state index in [0.717, 1.165) is 49.4 Å². The van der Waals surface area contributed by atoms with Crippen LogP contribution in [0.15, 0.2) is 18.2 Å². The number of ether oxygens (including phenoxy) is 2. The molecule has 6 heteroatoms. The van der Waals surface area contributed by atoms with Gasteiger partial charge in [-0.2, -0.15) is 0 Å². The molecule has 162 valence electrons. The average molecular weight is 404 g/mol. The first-order valence-electron chi connectivity index (χ1n) is 11.1. The lowest BCUT2D eigenvalue weighted by Gasteiger charge is -2.33. The van der Waals surface area contributed by atoms with Gasteiger partial charge in [0, 0.05) is 31.6 Å². The summed E-state index contributed by atoms with van der Waals surface area (Å²) < 4.78 is 11.6. The smallest absolute Gasteiger partial charge is 0.234 e. The molecule has 6 nitrogen and oxygen atoms in total. The standard InChI is InChI=1S/C23H37N3O3/c1-16(2)23(18-6-7-20-21(14-18)29-13-5-12-28-20)25-22(27)15-26-10-8-19(9-11-26)24-17(3)4/h6-7,14,16-17,19,23-24H,5,8-13,15H2,1-4H3,(H,25,27). The fraction of sp³-hybridized carbons (Fsp3) is 0.696. The Hall–Kier alpha value is -1.79. The summed E-state index contributed by atoms with van der Waals surface area (Å²) in [6, 6.07) is 7.07. The second kappa shape index (κ2) is 10.3. The second-order valence-corrected chi connectivity index (χ2v) is 8.92. The SMILES string of the molecule is CC(C)NC1CCN(CC(=O)NC(c2ccc3c(c2)OCCCO3)C(C)C)CC1. The average Bonchev–Trinajstić information content (AvgIpc) is 2.92. The Morgan fingerprint density at radius 1 is 1.10 bits per heavy atom. The Morgan fingerprint density at radius 2 is 1.79 bits per heavy atom. The van der Waals surface area contributed by atoms with Gasteiger partial charge in [-0.15, -0.1) is 0 Å². The summed E-state index contributed by atoms with van der Waals surface area (Å²) in [6.07, 6.45) is 3.08. The van der Waals surface area contributed by atoms with E-state index in [1.165, 1.54) is 0 Å². The van der Waals surface area contributed by atoms with Crippen LogP contribution < -0.4 is 20.1 Å². The van der Waals surface area contributed by atoms with Crippen LogP contribution in [0.3, 0.4) is 0 Å². The molecule has 2 aliphatic heterocycles. The molecule has 1 aromatic rings. The van der Waals surface area contributed by atoms with Crippen LogP contribution in [0.5, 0.6) is 11.5 Å². The summed E-state index contributed by atoms with van der Waals surface area (Å²) in [4.78, 5) is 15.0. The van der Waals surface area contributed by atoms with Crippen molar-refractivity contribution < 1.29 is 14.3 Å². The van der Waals surface area contributed by atoms with Gasteiger partial charge < -0.3 is 20.1 Å². The molecule has 3 rings (SSSR count). The number of piperidine rings is 1. The maximum Gasteiger partial charge on any atom is 0.234 e. The molecule has 1 fully saturated rings. The van der Waals surface area contributed by atoms with E-state index in [1.54, 1.807) is 0 Å². The first-order chi connectivity index (χ1) is 13.9. The van der Waals surface area contributed by atoms with Crippen molar-refractivity contribution in [1.82, 2.24) is 15.5 Å². The molecule has 1 atom stereocenters. The lowest BCUT2D eigenvalue weighted by Crippen LogP contribution is -2.48. The monoisotopic (exact) mass is 403 g/mol. The molecule has 29 heavy (non-hydrogen) atoms. The predicted octanol–water partition coefficient (Wildman–Crippen LogP) is 3.12. The van der Waals surface area contributed by atoms with Gasteiger partial charge in [-0.1, -0.05) is 33.8 Å². The fourth-order valence-electron chi connectivity index (χ4n) is 4.16. The number of benzene rings is 1. The molecule has 0 spiro atoms. The predicted molar refractivity (Wildman–Crippen MR) is 116 cm³/mol. The van der Waals surface area contributed by atoms with Crippen LogP contribution in [-0.4, -0.2) is 55.7 Å². The topological polar surface area (TPSA) is 62.8 Å². The van der Waals surface area contributed by atoms with Crippen molar-refractivity contribution in [3.63, 3.8) is 0 Å². The maximum atomic E-state index is 12.8. The highest BCUT2D eigenvalue weighted by Gasteiger charge is 2.24. The summed E-state index contributed by atoms with van der Waals surface area (Å²) >= 11 is 0. The van der Waals surface area contributed by atoms with Gasteiger partial charge in [-0.3, -0.25) is 9.69 Å². The van der Waals surface area contributed by atoms with Crippen molar-refractivity contribution in [3.05, 3.63) is 23.8 Å². The Morgan fingerprint density at radius 3 is 2.45 bits per heavy atom. The van der Waals surface area contributed by atoms with Gasteiger partial charge in [0.1, 0.15) is 0 Å². The molecule has 1 unspecified atom stereocenters. The summed E-state index contributed by atoms with van der Waals surface area (Å²) in [5.41, 5.74) is 1.07. The first-order valence-corrected chi connectivity index (χ1v) is 11.1. The molecular weight excluding hydrogens is 366 g/mol. The van der Waals surface area contributed by atoms with Gasteiger partial charge in [-0.25, -0.2) is 0 Å². The lowest BCUT2D eigenvalue weighted by molar-refractivity contribution is -0.123. The number of fused-ring (bicyclic) bond motifs is 1. The van der Waals surface area contributed by atoms with E-state index in [9.17, 15) is 4.79 Å². The van der Waals surface area contributed by atoms with Gasteiger partial charge in [0.05, 0.1) is 25.8 Å². The van der Waals surface area contributed by atoms with Gasteiger partial charge in [0.2, 0.25) is 5.91 Å². The van der Waals surface area contributed by atoms with Crippen LogP contribution in [-0.2, 0) is 4.79 Å². The van der Waals surface area contributed by atoms with Gasteiger partial charge in [0.25, 0.3) is 0 Å². The van der Waals surface area contributed by atoms with Crippen LogP contribution in [0.4, 0.5) is 0 Å². The molecule has 2 N–H and O–H groups in total.